The molecule has 1 aliphatic rings. The zero-order chi connectivity index (χ0) is 10.1. The summed E-state index contributed by atoms with van der Waals surface area (Å²) in [6, 6.07) is 6.03. The first-order valence-electron chi connectivity index (χ1n) is 5.06. The van der Waals surface area contributed by atoms with Gasteiger partial charge in [0, 0.05) is 12.7 Å². The molecule has 0 spiro atoms. The zero-order valence-electron chi connectivity index (χ0n) is 8.26. The Balaban J connectivity index is 2.02. The first-order valence-corrected chi connectivity index (χ1v) is 5.06. The first-order chi connectivity index (χ1) is 7.45. The number of fused-ring (bicyclic) bond motifs is 1. The van der Waals surface area contributed by atoms with Gasteiger partial charge in [-0.2, -0.15) is 0 Å². The standard InChI is InChI=1S/C10H12N4O/c1-2-5-14-9(3-1)12-13-10(14)8-7-15-6-4-11-8/h1-3,5,8,11H,4,6-7H2. The number of morpholine rings is 1. The van der Waals surface area contributed by atoms with Crippen LogP contribution in [0.25, 0.3) is 5.65 Å². The Kier molecular flexibility index (Phi) is 2.12. The lowest BCUT2D eigenvalue weighted by Gasteiger charge is -2.22. The van der Waals surface area contributed by atoms with Crippen LogP contribution in [0.3, 0.4) is 0 Å². The highest BCUT2D eigenvalue weighted by Crippen LogP contribution is 2.14. The molecule has 3 heterocycles. The molecule has 0 aliphatic carbocycles. The van der Waals surface area contributed by atoms with Crippen LogP contribution in [0.1, 0.15) is 11.9 Å². The Morgan fingerprint density at radius 2 is 2.40 bits per heavy atom. The van der Waals surface area contributed by atoms with E-state index in [0.29, 0.717) is 6.61 Å². The minimum atomic E-state index is 0.149. The van der Waals surface area contributed by atoms with Crippen LogP contribution in [0.2, 0.25) is 0 Å². The number of hydrogen-bond acceptors (Lipinski definition) is 4. The maximum Gasteiger partial charge on any atom is 0.160 e. The molecule has 1 saturated heterocycles. The van der Waals surface area contributed by atoms with Crippen LogP contribution >= 0.6 is 0 Å². The molecule has 1 unspecified atom stereocenters. The lowest BCUT2D eigenvalue weighted by molar-refractivity contribution is 0.0739. The first kappa shape index (κ1) is 8.82. The second-order valence-electron chi connectivity index (χ2n) is 3.57. The van der Waals surface area contributed by atoms with Gasteiger partial charge in [0.25, 0.3) is 0 Å². The second-order valence-corrected chi connectivity index (χ2v) is 3.57. The van der Waals surface area contributed by atoms with Crippen molar-refractivity contribution in [1.82, 2.24) is 19.9 Å². The van der Waals surface area contributed by atoms with Crippen molar-refractivity contribution in [2.75, 3.05) is 19.8 Å². The summed E-state index contributed by atoms with van der Waals surface area (Å²) in [7, 11) is 0. The van der Waals surface area contributed by atoms with Gasteiger partial charge in [0.15, 0.2) is 11.5 Å². The van der Waals surface area contributed by atoms with Gasteiger partial charge in [-0.1, -0.05) is 6.07 Å². The zero-order valence-corrected chi connectivity index (χ0v) is 8.26. The molecule has 0 aromatic carbocycles. The third-order valence-corrected chi connectivity index (χ3v) is 2.57. The van der Waals surface area contributed by atoms with Crippen LogP contribution in [0.15, 0.2) is 24.4 Å². The molecule has 5 heteroatoms. The van der Waals surface area contributed by atoms with Gasteiger partial charge in [-0.05, 0) is 12.1 Å². The molecule has 0 amide bonds. The monoisotopic (exact) mass is 204 g/mol. The molecule has 0 bridgehead atoms. The van der Waals surface area contributed by atoms with Crippen LogP contribution in [0, 0.1) is 0 Å². The van der Waals surface area contributed by atoms with Crippen molar-refractivity contribution >= 4 is 5.65 Å². The number of ether oxygens (including phenoxy) is 1. The van der Waals surface area contributed by atoms with Crippen molar-refractivity contribution in [1.29, 1.82) is 0 Å². The van der Waals surface area contributed by atoms with Gasteiger partial charge < -0.3 is 10.1 Å². The summed E-state index contributed by atoms with van der Waals surface area (Å²) in [5.74, 6) is 0.922. The van der Waals surface area contributed by atoms with Gasteiger partial charge in [-0.15, -0.1) is 10.2 Å². The summed E-state index contributed by atoms with van der Waals surface area (Å²) >= 11 is 0. The smallest absolute Gasteiger partial charge is 0.160 e. The second kappa shape index (κ2) is 3.60. The molecule has 1 atom stereocenters. The average Bonchev–Trinajstić information content (AvgIpc) is 2.74. The molecule has 1 aliphatic heterocycles. The molecule has 0 radical (unpaired) electrons. The lowest BCUT2D eigenvalue weighted by atomic mass is 10.2. The van der Waals surface area contributed by atoms with Gasteiger partial charge in [-0.25, -0.2) is 0 Å². The molecule has 78 valence electrons. The molecular formula is C10H12N4O. The number of nitrogens with zero attached hydrogens (tertiary/aromatic N) is 3. The van der Waals surface area contributed by atoms with Gasteiger partial charge in [0.1, 0.15) is 0 Å². The van der Waals surface area contributed by atoms with E-state index in [1.807, 2.05) is 28.8 Å². The van der Waals surface area contributed by atoms with Gasteiger partial charge >= 0.3 is 0 Å². The summed E-state index contributed by atoms with van der Waals surface area (Å²) in [4.78, 5) is 0. The maximum absolute atomic E-state index is 5.41. The van der Waals surface area contributed by atoms with Crippen molar-refractivity contribution in [3.63, 3.8) is 0 Å². The van der Waals surface area contributed by atoms with E-state index in [9.17, 15) is 0 Å². The Bertz CT molecular complexity index is 461. The largest absolute Gasteiger partial charge is 0.378 e. The third-order valence-electron chi connectivity index (χ3n) is 2.57. The topological polar surface area (TPSA) is 51.5 Å². The molecule has 0 saturated carbocycles. The molecular weight excluding hydrogens is 192 g/mol. The summed E-state index contributed by atoms with van der Waals surface area (Å²) in [6.45, 7) is 2.30. The predicted octanol–water partition coefficient (Wildman–Crippen LogP) is 0.390. The molecule has 2 aromatic heterocycles. The van der Waals surface area contributed by atoms with Crippen molar-refractivity contribution in [2.45, 2.75) is 6.04 Å². The van der Waals surface area contributed by atoms with E-state index in [1.165, 1.54) is 0 Å². The lowest BCUT2D eigenvalue weighted by Crippen LogP contribution is -2.35. The highest BCUT2D eigenvalue weighted by atomic mass is 16.5. The highest BCUT2D eigenvalue weighted by molar-refractivity contribution is 5.37. The molecule has 1 fully saturated rings. The Labute approximate surface area is 87.1 Å². The molecule has 5 nitrogen and oxygen atoms in total. The fourth-order valence-corrected chi connectivity index (χ4v) is 1.83. The molecule has 15 heavy (non-hydrogen) atoms. The number of hydrogen-bond donors (Lipinski definition) is 1. The van der Waals surface area contributed by atoms with Crippen LogP contribution in [-0.4, -0.2) is 34.4 Å². The van der Waals surface area contributed by atoms with Crippen LogP contribution < -0.4 is 5.32 Å². The Morgan fingerprint density at radius 3 is 3.27 bits per heavy atom. The third kappa shape index (κ3) is 1.49. The quantitative estimate of drug-likeness (QED) is 0.730. The van der Waals surface area contributed by atoms with Gasteiger partial charge in [0.05, 0.1) is 19.3 Å². The van der Waals surface area contributed by atoms with Crippen LogP contribution in [0.4, 0.5) is 0 Å². The van der Waals surface area contributed by atoms with Crippen molar-refractivity contribution in [2.24, 2.45) is 0 Å². The van der Waals surface area contributed by atoms with Crippen molar-refractivity contribution in [3.05, 3.63) is 30.2 Å². The molecule has 3 rings (SSSR count). The van der Waals surface area contributed by atoms with E-state index < -0.39 is 0 Å². The van der Waals surface area contributed by atoms with E-state index in [4.69, 9.17) is 4.74 Å². The number of rotatable bonds is 1. The van der Waals surface area contributed by atoms with E-state index >= 15 is 0 Å². The Hall–Kier alpha value is -1.46. The number of nitrogens with one attached hydrogen (secondary N) is 1. The fourth-order valence-electron chi connectivity index (χ4n) is 1.83. The average molecular weight is 204 g/mol. The summed E-state index contributed by atoms with van der Waals surface area (Å²) < 4.78 is 7.40. The van der Waals surface area contributed by atoms with E-state index in [0.717, 1.165) is 24.6 Å². The normalized spacial score (nSPS) is 22.0. The summed E-state index contributed by atoms with van der Waals surface area (Å²) in [5, 5.41) is 11.7. The predicted molar refractivity (Wildman–Crippen MR) is 54.5 cm³/mol. The minimum Gasteiger partial charge on any atom is -0.378 e. The van der Waals surface area contributed by atoms with Crippen LogP contribution in [-0.2, 0) is 4.74 Å². The van der Waals surface area contributed by atoms with Crippen LogP contribution in [0.5, 0.6) is 0 Å². The van der Waals surface area contributed by atoms with Gasteiger partial charge in [0.2, 0.25) is 0 Å². The minimum absolute atomic E-state index is 0.149. The van der Waals surface area contributed by atoms with E-state index in [2.05, 4.69) is 15.5 Å². The van der Waals surface area contributed by atoms with Crippen molar-refractivity contribution in [3.8, 4) is 0 Å². The molecule has 2 aromatic rings. The number of aromatic nitrogens is 3. The van der Waals surface area contributed by atoms with E-state index in [1.54, 1.807) is 0 Å². The summed E-state index contributed by atoms with van der Waals surface area (Å²) in [5.41, 5.74) is 0.875. The Morgan fingerprint density at radius 1 is 1.40 bits per heavy atom. The SMILES string of the molecule is c1ccn2c(C3COCCN3)nnc2c1. The summed E-state index contributed by atoms with van der Waals surface area (Å²) in [6.07, 6.45) is 1.97. The van der Waals surface area contributed by atoms with Gasteiger partial charge in [-0.3, -0.25) is 4.40 Å². The fraction of sp³-hybridized carbons (Fsp3) is 0.400. The van der Waals surface area contributed by atoms with Crippen molar-refractivity contribution < 1.29 is 4.74 Å². The maximum atomic E-state index is 5.41. The highest BCUT2D eigenvalue weighted by Gasteiger charge is 2.20. The number of pyridine rings is 1. The molecule has 1 N–H and O–H groups in total. The van der Waals surface area contributed by atoms with E-state index in [-0.39, 0.29) is 6.04 Å².